The van der Waals surface area contributed by atoms with Crippen LogP contribution in [0.2, 0.25) is 0 Å². The van der Waals surface area contributed by atoms with Crippen LogP contribution in [0.5, 0.6) is 0 Å². The van der Waals surface area contributed by atoms with Gasteiger partial charge in [0.1, 0.15) is 0 Å². The Morgan fingerprint density at radius 2 is 1.70 bits per heavy atom. The molecule has 0 radical (unpaired) electrons. The van der Waals surface area contributed by atoms with Crippen molar-refractivity contribution in [3.63, 3.8) is 0 Å². The number of benzene rings is 2. The maximum absolute atomic E-state index is 12.1. The van der Waals surface area contributed by atoms with E-state index in [1.165, 1.54) is 0 Å². The first-order valence-electron chi connectivity index (χ1n) is 7.79. The topological polar surface area (TPSA) is 23.6 Å². The van der Waals surface area contributed by atoms with E-state index in [2.05, 4.69) is 43.1 Å². The lowest BCUT2D eigenvalue weighted by atomic mass is 10.1. The predicted molar refractivity (Wildman–Crippen MR) is 98.1 cm³/mol. The van der Waals surface area contributed by atoms with Crippen molar-refractivity contribution >= 4 is 17.5 Å². The zero-order valence-electron chi connectivity index (χ0n) is 14.1. The van der Waals surface area contributed by atoms with Crippen LogP contribution in [0, 0.1) is 0 Å². The molecule has 0 spiro atoms. The van der Waals surface area contributed by atoms with E-state index in [0.29, 0.717) is 5.56 Å². The minimum atomic E-state index is 0.0250. The summed E-state index contributed by atoms with van der Waals surface area (Å²) in [6.07, 6.45) is 3.51. The number of allylic oxidation sites excluding steroid dienone is 1. The normalized spacial score (nSPS) is 11.1. The molecule has 0 unspecified atom stereocenters. The van der Waals surface area contributed by atoms with Crippen LogP contribution in [-0.2, 0) is 0 Å². The standard InChI is InChI=1S/C20H24N2O/c1-21(2)14-15-22(3)19-11-7-8-17(16-19)12-13-20(23)18-9-5-4-6-10-18/h4-13,16H,14-15H2,1-3H3. The molecule has 0 aliphatic rings. The molecule has 0 aliphatic heterocycles. The van der Waals surface area contributed by atoms with Crippen molar-refractivity contribution in [2.75, 3.05) is 39.1 Å². The molecule has 0 saturated carbocycles. The Morgan fingerprint density at radius 1 is 0.957 bits per heavy atom. The molecule has 0 atom stereocenters. The molecule has 2 rings (SSSR count). The zero-order chi connectivity index (χ0) is 16.7. The highest BCUT2D eigenvalue weighted by atomic mass is 16.1. The first-order chi connectivity index (χ1) is 11.1. The Labute approximate surface area is 138 Å². The molecule has 3 nitrogen and oxygen atoms in total. The molecule has 0 heterocycles. The molecular formula is C20H24N2O. The van der Waals surface area contributed by atoms with Gasteiger partial charge in [-0.25, -0.2) is 0 Å². The third-order valence-corrected chi connectivity index (χ3v) is 3.68. The Hall–Kier alpha value is -2.39. The van der Waals surface area contributed by atoms with Gasteiger partial charge < -0.3 is 9.80 Å². The molecule has 3 heteroatoms. The van der Waals surface area contributed by atoms with Crippen LogP contribution in [0.4, 0.5) is 5.69 Å². The highest BCUT2D eigenvalue weighted by molar-refractivity contribution is 6.06. The van der Waals surface area contributed by atoms with E-state index in [9.17, 15) is 4.79 Å². The molecule has 0 bridgehead atoms. The Balaban J connectivity index is 2.05. The van der Waals surface area contributed by atoms with E-state index in [1.807, 2.05) is 48.5 Å². The SMILES string of the molecule is CN(C)CCN(C)c1cccc(C=CC(=O)c2ccccc2)c1. The van der Waals surface area contributed by atoms with Crippen LogP contribution >= 0.6 is 0 Å². The molecule has 0 amide bonds. The van der Waals surface area contributed by atoms with Gasteiger partial charge >= 0.3 is 0 Å². The second kappa shape index (κ2) is 8.30. The van der Waals surface area contributed by atoms with Crippen molar-refractivity contribution in [2.24, 2.45) is 0 Å². The van der Waals surface area contributed by atoms with Crippen LogP contribution < -0.4 is 4.90 Å². The van der Waals surface area contributed by atoms with E-state index >= 15 is 0 Å². The van der Waals surface area contributed by atoms with Crippen LogP contribution in [0.3, 0.4) is 0 Å². The summed E-state index contributed by atoms with van der Waals surface area (Å²) in [5, 5.41) is 0. The summed E-state index contributed by atoms with van der Waals surface area (Å²) in [5.74, 6) is 0.0250. The van der Waals surface area contributed by atoms with E-state index in [1.54, 1.807) is 6.08 Å². The highest BCUT2D eigenvalue weighted by Gasteiger charge is 2.03. The largest absolute Gasteiger partial charge is 0.373 e. The second-order valence-corrected chi connectivity index (χ2v) is 5.88. The molecule has 120 valence electrons. The first-order valence-corrected chi connectivity index (χ1v) is 7.79. The van der Waals surface area contributed by atoms with Gasteiger partial charge in [-0.2, -0.15) is 0 Å². The van der Waals surface area contributed by atoms with Gasteiger partial charge in [0.2, 0.25) is 0 Å². The number of rotatable bonds is 7. The van der Waals surface area contributed by atoms with Gasteiger partial charge in [0.05, 0.1) is 0 Å². The van der Waals surface area contributed by atoms with Crippen LogP contribution in [0.1, 0.15) is 15.9 Å². The van der Waals surface area contributed by atoms with Gasteiger partial charge in [0.25, 0.3) is 0 Å². The van der Waals surface area contributed by atoms with Crippen molar-refractivity contribution in [2.45, 2.75) is 0 Å². The Bertz CT molecular complexity index is 662. The second-order valence-electron chi connectivity index (χ2n) is 5.88. The molecule has 0 saturated heterocycles. The zero-order valence-corrected chi connectivity index (χ0v) is 14.1. The third-order valence-electron chi connectivity index (χ3n) is 3.68. The molecule has 0 aromatic heterocycles. The number of anilines is 1. The fourth-order valence-electron chi connectivity index (χ4n) is 2.22. The average molecular weight is 308 g/mol. The van der Waals surface area contributed by atoms with Crippen LogP contribution in [-0.4, -0.2) is 44.9 Å². The Kier molecular flexibility index (Phi) is 6.12. The van der Waals surface area contributed by atoms with E-state index < -0.39 is 0 Å². The average Bonchev–Trinajstić information content (AvgIpc) is 2.58. The number of carbonyl (C=O) groups excluding carboxylic acids is 1. The summed E-state index contributed by atoms with van der Waals surface area (Å²) >= 11 is 0. The smallest absolute Gasteiger partial charge is 0.185 e. The lowest BCUT2D eigenvalue weighted by Gasteiger charge is -2.21. The number of likely N-dealkylation sites (N-methyl/N-ethyl adjacent to an activating group) is 2. The number of ketones is 1. The summed E-state index contributed by atoms with van der Waals surface area (Å²) in [6, 6.07) is 17.6. The minimum absolute atomic E-state index is 0.0250. The van der Waals surface area contributed by atoms with Crippen molar-refractivity contribution in [1.82, 2.24) is 4.90 Å². The molecule has 0 aliphatic carbocycles. The maximum atomic E-state index is 12.1. The Morgan fingerprint density at radius 3 is 2.39 bits per heavy atom. The van der Waals surface area contributed by atoms with Gasteiger partial charge in [0, 0.05) is 31.4 Å². The van der Waals surface area contributed by atoms with Gasteiger partial charge in [-0.1, -0.05) is 48.5 Å². The maximum Gasteiger partial charge on any atom is 0.185 e. The number of hydrogen-bond acceptors (Lipinski definition) is 3. The molecular weight excluding hydrogens is 284 g/mol. The molecule has 23 heavy (non-hydrogen) atoms. The van der Waals surface area contributed by atoms with Gasteiger partial charge in [-0.05, 0) is 37.9 Å². The number of hydrogen-bond donors (Lipinski definition) is 0. The fraction of sp³-hybridized carbons (Fsp3) is 0.250. The minimum Gasteiger partial charge on any atom is -0.373 e. The van der Waals surface area contributed by atoms with Crippen molar-refractivity contribution in [1.29, 1.82) is 0 Å². The number of carbonyl (C=O) groups is 1. The number of nitrogens with zero attached hydrogens (tertiary/aromatic N) is 2. The van der Waals surface area contributed by atoms with Crippen molar-refractivity contribution < 1.29 is 4.79 Å². The van der Waals surface area contributed by atoms with Crippen LogP contribution in [0.15, 0.2) is 60.7 Å². The molecule has 2 aromatic rings. The third kappa shape index (κ3) is 5.38. The summed E-state index contributed by atoms with van der Waals surface area (Å²) in [6.45, 7) is 1.96. The van der Waals surface area contributed by atoms with E-state index in [4.69, 9.17) is 0 Å². The lowest BCUT2D eigenvalue weighted by molar-refractivity contribution is 0.104. The summed E-state index contributed by atoms with van der Waals surface area (Å²) < 4.78 is 0. The lowest BCUT2D eigenvalue weighted by Crippen LogP contribution is -2.28. The monoisotopic (exact) mass is 308 g/mol. The van der Waals surface area contributed by atoms with Gasteiger partial charge in [0.15, 0.2) is 5.78 Å². The molecule has 0 N–H and O–H groups in total. The molecule has 0 fully saturated rings. The predicted octanol–water partition coefficient (Wildman–Crippen LogP) is 3.58. The van der Waals surface area contributed by atoms with E-state index in [0.717, 1.165) is 24.3 Å². The van der Waals surface area contributed by atoms with Crippen LogP contribution in [0.25, 0.3) is 6.08 Å². The van der Waals surface area contributed by atoms with Gasteiger partial charge in [-0.15, -0.1) is 0 Å². The quantitative estimate of drug-likeness (QED) is 0.577. The summed E-state index contributed by atoms with van der Waals surface area (Å²) in [4.78, 5) is 16.5. The van der Waals surface area contributed by atoms with Crippen molar-refractivity contribution in [3.8, 4) is 0 Å². The summed E-state index contributed by atoms with van der Waals surface area (Å²) in [7, 11) is 6.23. The van der Waals surface area contributed by atoms with E-state index in [-0.39, 0.29) is 5.78 Å². The fourth-order valence-corrected chi connectivity index (χ4v) is 2.22. The van der Waals surface area contributed by atoms with Crippen molar-refractivity contribution in [3.05, 3.63) is 71.8 Å². The first kappa shape index (κ1) is 17.0. The molecule has 2 aromatic carbocycles. The summed E-state index contributed by atoms with van der Waals surface area (Å²) in [5.41, 5.74) is 2.90. The highest BCUT2D eigenvalue weighted by Crippen LogP contribution is 2.16. The van der Waals surface area contributed by atoms with Gasteiger partial charge in [-0.3, -0.25) is 4.79 Å².